The Morgan fingerprint density at radius 1 is 0.755 bits per heavy atom. The second kappa shape index (κ2) is 24.6. The Morgan fingerprint density at radius 2 is 1.35 bits per heavy atom. The smallest absolute Gasteiger partial charge is 0.333 e. The Labute approximate surface area is 293 Å². The van der Waals surface area contributed by atoms with Gasteiger partial charge in [0, 0.05) is 13.2 Å². The molecule has 3 rings (SSSR count). The molecule has 0 saturated heterocycles. The molecule has 2 aromatic rings. The van der Waals surface area contributed by atoms with E-state index in [0.29, 0.717) is 31.1 Å². The first-order chi connectivity index (χ1) is 24.1. The van der Waals surface area contributed by atoms with Crippen molar-refractivity contribution in [3.63, 3.8) is 0 Å². The maximum atomic E-state index is 13.6. The quantitative estimate of drug-likeness (QED) is 0.0547. The fraction of sp³-hybridized carbons (Fsp3) is 0.381. The van der Waals surface area contributed by atoms with Gasteiger partial charge in [0.1, 0.15) is 12.1 Å². The van der Waals surface area contributed by atoms with Crippen molar-refractivity contribution in [1.82, 2.24) is 5.32 Å². The molecule has 262 valence electrons. The zero-order chi connectivity index (χ0) is 34.8. The molecule has 0 amide bonds. The van der Waals surface area contributed by atoms with E-state index in [1.54, 1.807) is 12.1 Å². The Morgan fingerprint density at radius 3 is 1.96 bits per heavy atom. The summed E-state index contributed by atoms with van der Waals surface area (Å²) in [6.07, 6.45) is 31.7. The number of allylic oxidation sites excluding steroid dienone is 11. The Hall–Kier alpha value is -4.46. The van der Waals surface area contributed by atoms with Crippen molar-refractivity contribution in [2.75, 3.05) is 13.4 Å². The van der Waals surface area contributed by atoms with Gasteiger partial charge in [-0.15, -0.1) is 0 Å². The van der Waals surface area contributed by atoms with Gasteiger partial charge in [0.15, 0.2) is 11.5 Å². The number of hydrogen-bond acceptors (Lipinski definition) is 7. The first-order valence-corrected chi connectivity index (χ1v) is 17.5. The van der Waals surface area contributed by atoms with E-state index >= 15 is 0 Å². The highest BCUT2D eigenvalue weighted by atomic mass is 16.7. The molecule has 0 spiro atoms. The van der Waals surface area contributed by atoms with Crippen molar-refractivity contribution in [1.29, 1.82) is 0 Å². The summed E-state index contributed by atoms with van der Waals surface area (Å²) in [5.74, 6) is -0.0784. The molecule has 0 saturated carbocycles. The van der Waals surface area contributed by atoms with Crippen molar-refractivity contribution in [2.24, 2.45) is 0 Å². The maximum Gasteiger partial charge on any atom is 0.333 e. The third kappa shape index (κ3) is 16.0. The van der Waals surface area contributed by atoms with Gasteiger partial charge in [0.2, 0.25) is 6.79 Å². The monoisotopic (exact) mass is 667 g/mol. The van der Waals surface area contributed by atoms with E-state index in [4.69, 9.17) is 18.9 Å². The second-order valence-corrected chi connectivity index (χ2v) is 11.5. The summed E-state index contributed by atoms with van der Waals surface area (Å²) in [5.41, 5.74) is 1.72. The third-order valence-corrected chi connectivity index (χ3v) is 7.54. The van der Waals surface area contributed by atoms with Gasteiger partial charge in [-0.3, -0.25) is 10.1 Å². The lowest BCUT2D eigenvalue weighted by Gasteiger charge is -2.27. The average Bonchev–Trinajstić information content (AvgIpc) is 3.59. The van der Waals surface area contributed by atoms with Gasteiger partial charge in [0.05, 0.1) is 6.42 Å². The van der Waals surface area contributed by atoms with E-state index in [0.717, 1.165) is 56.1 Å². The molecule has 7 heteroatoms. The number of benzene rings is 2. The van der Waals surface area contributed by atoms with Gasteiger partial charge >= 0.3 is 11.9 Å². The zero-order valence-corrected chi connectivity index (χ0v) is 29.1. The number of carbonyl (C=O) groups is 2. The Balaban J connectivity index is 1.48. The standard InChI is InChI=1S/C42H53NO6/c1-3-5-7-8-9-10-11-12-13-14-15-16-17-18-19-20-21-25-28-39(44)49-42(45)40(43-33-35-26-23-22-24-27-35)41(46-31-6-4-2)36-29-30-37-38(32-36)48-34-47-37/h5,7,9-10,12-13,15-16,18-19,21-27,29-30,32,40-41,43H,3-4,6,8,11,14,17,20,28,31,33-34H2,1-2H3/b7-5-,10-9-,13-12-,16-15-,19-18-,25-21-/t40-,41+/m0/s1. The minimum Gasteiger partial charge on any atom is -0.454 e. The lowest BCUT2D eigenvalue weighted by Crippen LogP contribution is -2.44. The number of unbranched alkanes of at least 4 members (excludes halogenated alkanes) is 1. The van der Waals surface area contributed by atoms with Gasteiger partial charge < -0.3 is 18.9 Å². The van der Waals surface area contributed by atoms with Gasteiger partial charge in [-0.2, -0.15) is 0 Å². The molecule has 0 bridgehead atoms. The Bertz CT molecular complexity index is 1420. The molecule has 0 aliphatic carbocycles. The summed E-state index contributed by atoms with van der Waals surface area (Å²) in [6.45, 7) is 5.19. The molecular formula is C42H53NO6. The molecule has 0 fully saturated rings. The molecule has 7 nitrogen and oxygen atoms in total. The molecular weight excluding hydrogens is 614 g/mol. The number of carbonyl (C=O) groups excluding carboxylic acids is 2. The zero-order valence-electron chi connectivity index (χ0n) is 29.1. The fourth-order valence-corrected chi connectivity index (χ4v) is 4.89. The van der Waals surface area contributed by atoms with E-state index in [2.05, 4.69) is 79.9 Å². The van der Waals surface area contributed by atoms with E-state index < -0.39 is 24.1 Å². The van der Waals surface area contributed by atoms with Crippen LogP contribution in [0.5, 0.6) is 11.5 Å². The summed E-state index contributed by atoms with van der Waals surface area (Å²) in [7, 11) is 0. The van der Waals surface area contributed by atoms with Gasteiger partial charge in [-0.1, -0.05) is 130 Å². The van der Waals surface area contributed by atoms with Crippen molar-refractivity contribution in [3.05, 3.63) is 133 Å². The topological polar surface area (TPSA) is 83.1 Å². The largest absolute Gasteiger partial charge is 0.454 e. The molecule has 49 heavy (non-hydrogen) atoms. The van der Waals surface area contributed by atoms with E-state index in [9.17, 15) is 9.59 Å². The van der Waals surface area contributed by atoms with Crippen molar-refractivity contribution < 1.29 is 28.5 Å². The molecule has 2 aromatic carbocycles. The maximum absolute atomic E-state index is 13.6. The fourth-order valence-electron chi connectivity index (χ4n) is 4.89. The van der Waals surface area contributed by atoms with Crippen LogP contribution in [-0.2, 0) is 25.6 Å². The summed E-state index contributed by atoms with van der Waals surface area (Å²) >= 11 is 0. The summed E-state index contributed by atoms with van der Waals surface area (Å²) in [6, 6.07) is 14.3. The number of esters is 2. The van der Waals surface area contributed by atoms with Crippen LogP contribution in [-0.4, -0.2) is 31.4 Å². The summed E-state index contributed by atoms with van der Waals surface area (Å²) in [4.78, 5) is 26.3. The lowest BCUT2D eigenvalue weighted by atomic mass is 10.0. The summed E-state index contributed by atoms with van der Waals surface area (Å²) < 4.78 is 22.7. The van der Waals surface area contributed by atoms with Crippen LogP contribution >= 0.6 is 0 Å². The molecule has 1 aliphatic rings. The lowest BCUT2D eigenvalue weighted by molar-refractivity contribution is -0.163. The normalized spacial score (nSPS) is 14.3. The third-order valence-electron chi connectivity index (χ3n) is 7.54. The first kappa shape index (κ1) is 39.0. The predicted octanol–water partition coefficient (Wildman–Crippen LogP) is 9.59. The highest BCUT2D eigenvalue weighted by molar-refractivity contribution is 5.89. The van der Waals surface area contributed by atoms with Gasteiger partial charge in [0.25, 0.3) is 0 Å². The van der Waals surface area contributed by atoms with Crippen LogP contribution in [0.3, 0.4) is 0 Å². The number of rotatable bonds is 23. The molecule has 2 atom stereocenters. The predicted molar refractivity (Wildman–Crippen MR) is 197 cm³/mol. The summed E-state index contributed by atoms with van der Waals surface area (Å²) in [5, 5.41) is 3.30. The van der Waals surface area contributed by atoms with Crippen LogP contribution in [0, 0.1) is 0 Å². The van der Waals surface area contributed by atoms with Crippen LogP contribution in [0.15, 0.2) is 121 Å². The number of fused-ring (bicyclic) bond motifs is 1. The van der Waals surface area contributed by atoms with Crippen LogP contribution in [0.4, 0.5) is 0 Å². The van der Waals surface area contributed by atoms with Gasteiger partial charge in [-0.05, 0) is 68.2 Å². The SMILES string of the molecule is CC/C=C\C/C=C\C/C=C\C/C=C\C/C=C\C/C=C\CC(=O)OC(=O)[C@@H](NCc1ccccc1)[C@H](OCCCC)c1ccc2c(c1)OCO2. The van der Waals surface area contributed by atoms with Crippen LogP contribution in [0.1, 0.15) is 88.9 Å². The number of nitrogens with one attached hydrogen (secondary N) is 1. The van der Waals surface area contributed by atoms with E-state index in [1.165, 1.54) is 0 Å². The highest BCUT2D eigenvalue weighted by Crippen LogP contribution is 2.36. The van der Waals surface area contributed by atoms with E-state index in [1.807, 2.05) is 48.5 Å². The van der Waals surface area contributed by atoms with Crippen molar-refractivity contribution in [3.8, 4) is 11.5 Å². The van der Waals surface area contributed by atoms with Gasteiger partial charge in [-0.25, -0.2) is 4.79 Å². The number of hydrogen-bond donors (Lipinski definition) is 1. The molecule has 1 N–H and O–H groups in total. The molecule has 0 unspecified atom stereocenters. The second-order valence-electron chi connectivity index (χ2n) is 11.5. The van der Waals surface area contributed by atoms with Crippen LogP contribution < -0.4 is 14.8 Å². The minimum atomic E-state index is -0.938. The molecule has 1 heterocycles. The first-order valence-electron chi connectivity index (χ1n) is 17.5. The minimum absolute atomic E-state index is 0.00671. The number of ether oxygens (including phenoxy) is 4. The molecule has 0 aromatic heterocycles. The van der Waals surface area contributed by atoms with Crippen LogP contribution in [0.25, 0.3) is 0 Å². The highest BCUT2D eigenvalue weighted by Gasteiger charge is 2.34. The molecule has 1 aliphatic heterocycles. The van der Waals surface area contributed by atoms with E-state index in [-0.39, 0.29) is 13.2 Å². The average molecular weight is 668 g/mol. The Kier molecular flexibility index (Phi) is 19.6. The van der Waals surface area contributed by atoms with Crippen molar-refractivity contribution in [2.45, 2.75) is 90.3 Å². The molecule has 0 radical (unpaired) electrons. The van der Waals surface area contributed by atoms with Crippen molar-refractivity contribution >= 4 is 11.9 Å². The van der Waals surface area contributed by atoms with Crippen LogP contribution in [0.2, 0.25) is 0 Å².